The first-order valence-corrected chi connectivity index (χ1v) is 7.85. The van der Waals surface area contributed by atoms with Gasteiger partial charge in [0.05, 0.1) is 0 Å². The molecule has 0 spiro atoms. The van der Waals surface area contributed by atoms with Gasteiger partial charge in [-0.2, -0.15) is 0 Å². The zero-order valence-electron chi connectivity index (χ0n) is 13.3. The Kier molecular flexibility index (Phi) is 8.65. The lowest BCUT2D eigenvalue weighted by atomic mass is 10.1. The van der Waals surface area contributed by atoms with Crippen molar-refractivity contribution in [3.05, 3.63) is 30.1 Å². The van der Waals surface area contributed by atoms with Crippen molar-refractivity contribution in [3.8, 4) is 0 Å². The summed E-state index contributed by atoms with van der Waals surface area (Å²) in [7, 11) is 2.19. The minimum atomic E-state index is -0.933. The van der Waals surface area contributed by atoms with Crippen LogP contribution in [0.2, 0.25) is 0 Å². The number of nitrogens with zero attached hydrogens (tertiary/aromatic N) is 2. The molecule has 2 atom stereocenters. The van der Waals surface area contributed by atoms with Crippen LogP contribution in [0.4, 0.5) is 0 Å². The number of unbranched alkanes of at least 4 members (excludes halogenated alkanes) is 1. The maximum absolute atomic E-state index is 10.1. The van der Waals surface area contributed by atoms with Gasteiger partial charge in [0.25, 0.3) is 0 Å². The van der Waals surface area contributed by atoms with Crippen LogP contribution in [0.3, 0.4) is 0 Å². The van der Waals surface area contributed by atoms with Crippen LogP contribution in [0, 0.1) is 0 Å². The molecule has 1 aromatic rings. The molecule has 6 heteroatoms. The number of rotatable bonds is 6. The Balaban J connectivity index is 0.000000225. The molecule has 124 valence electrons. The maximum Gasteiger partial charge on any atom is 0.320 e. The van der Waals surface area contributed by atoms with E-state index in [0.717, 1.165) is 12.8 Å². The van der Waals surface area contributed by atoms with E-state index in [4.69, 9.17) is 16.6 Å². The number of aliphatic carboxylic acids is 1. The third-order valence-electron chi connectivity index (χ3n) is 3.88. The van der Waals surface area contributed by atoms with Gasteiger partial charge in [0.2, 0.25) is 0 Å². The van der Waals surface area contributed by atoms with Crippen molar-refractivity contribution < 1.29 is 9.90 Å². The highest BCUT2D eigenvalue weighted by Gasteiger charge is 2.21. The molecule has 1 fully saturated rings. The third kappa shape index (κ3) is 6.51. The number of carbonyl (C=O) groups is 1. The van der Waals surface area contributed by atoms with Crippen LogP contribution in [-0.4, -0.2) is 47.1 Å². The number of carboxylic acids is 1. The Labute approximate surface area is 132 Å². The molecule has 0 aliphatic carbocycles. The molecule has 0 saturated carbocycles. The topological polar surface area (TPSA) is 105 Å². The highest BCUT2D eigenvalue weighted by molar-refractivity contribution is 5.72. The van der Waals surface area contributed by atoms with E-state index in [-0.39, 0.29) is 0 Å². The number of hydrogen-bond donors (Lipinski definition) is 3. The molecule has 2 heterocycles. The minimum absolute atomic E-state index is 0.520. The number of aromatic nitrogens is 1. The van der Waals surface area contributed by atoms with Crippen molar-refractivity contribution in [1.29, 1.82) is 0 Å². The molecular formula is C16H28N4O2. The van der Waals surface area contributed by atoms with Crippen molar-refractivity contribution in [3.63, 3.8) is 0 Å². The fraction of sp³-hybridized carbons (Fsp3) is 0.625. The molecular weight excluding hydrogens is 280 g/mol. The fourth-order valence-corrected chi connectivity index (χ4v) is 2.54. The monoisotopic (exact) mass is 308 g/mol. The van der Waals surface area contributed by atoms with Gasteiger partial charge >= 0.3 is 5.97 Å². The first-order valence-electron chi connectivity index (χ1n) is 7.85. The number of likely N-dealkylation sites (tertiary alicyclic amines) is 1. The third-order valence-corrected chi connectivity index (χ3v) is 3.88. The normalized spacial score (nSPS) is 19.3. The molecule has 1 aliphatic heterocycles. The summed E-state index contributed by atoms with van der Waals surface area (Å²) < 4.78 is 0. The van der Waals surface area contributed by atoms with E-state index < -0.39 is 12.0 Å². The summed E-state index contributed by atoms with van der Waals surface area (Å²) in [5, 5.41) is 8.33. The maximum atomic E-state index is 10.1. The van der Waals surface area contributed by atoms with Crippen LogP contribution in [-0.2, 0) is 4.79 Å². The highest BCUT2D eigenvalue weighted by Crippen LogP contribution is 2.29. The summed E-state index contributed by atoms with van der Waals surface area (Å²) >= 11 is 0. The number of pyridine rings is 1. The summed E-state index contributed by atoms with van der Waals surface area (Å²) in [6.45, 7) is 1.83. The minimum Gasteiger partial charge on any atom is -0.480 e. The van der Waals surface area contributed by atoms with E-state index in [0.29, 0.717) is 19.0 Å². The lowest BCUT2D eigenvalue weighted by Gasteiger charge is -2.18. The van der Waals surface area contributed by atoms with E-state index in [1.807, 2.05) is 18.5 Å². The first-order chi connectivity index (χ1) is 10.6. The largest absolute Gasteiger partial charge is 0.480 e. The molecule has 2 rings (SSSR count). The van der Waals surface area contributed by atoms with Gasteiger partial charge in [-0.15, -0.1) is 0 Å². The second kappa shape index (κ2) is 10.3. The highest BCUT2D eigenvalue weighted by atomic mass is 16.4. The van der Waals surface area contributed by atoms with E-state index >= 15 is 0 Å². The Morgan fingerprint density at radius 3 is 2.82 bits per heavy atom. The zero-order chi connectivity index (χ0) is 16.4. The van der Waals surface area contributed by atoms with Crippen LogP contribution in [0.5, 0.6) is 0 Å². The average Bonchev–Trinajstić information content (AvgIpc) is 2.95. The second-order valence-corrected chi connectivity index (χ2v) is 5.65. The molecule has 0 bridgehead atoms. The summed E-state index contributed by atoms with van der Waals surface area (Å²) in [6.07, 6.45) is 8.57. The molecule has 0 aromatic carbocycles. The predicted molar refractivity (Wildman–Crippen MR) is 87.4 cm³/mol. The summed E-state index contributed by atoms with van der Waals surface area (Å²) in [4.78, 5) is 16.7. The average molecular weight is 308 g/mol. The molecule has 1 aromatic heterocycles. The summed E-state index contributed by atoms with van der Waals surface area (Å²) in [6, 6.07) is 4.08. The van der Waals surface area contributed by atoms with Crippen molar-refractivity contribution in [2.75, 3.05) is 20.1 Å². The van der Waals surface area contributed by atoms with Crippen molar-refractivity contribution in [2.24, 2.45) is 11.5 Å². The lowest BCUT2D eigenvalue weighted by Crippen LogP contribution is -2.29. The van der Waals surface area contributed by atoms with Gasteiger partial charge in [-0.1, -0.05) is 12.5 Å². The second-order valence-electron chi connectivity index (χ2n) is 5.65. The van der Waals surface area contributed by atoms with Gasteiger partial charge in [0.1, 0.15) is 6.04 Å². The molecule has 0 radical (unpaired) electrons. The first kappa shape index (κ1) is 18.5. The smallest absolute Gasteiger partial charge is 0.320 e. The van der Waals surface area contributed by atoms with Crippen LogP contribution < -0.4 is 11.5 Å². The SMILES string of the molecule is CN1CCC[C@H]1c1cccnc1.NCCCCC(N)C(=O)O. The van der Waals surface area contributed by atoms with E-state index in [1.165, 1.54) is 24.9 Å². The van der Waals surface area contributed by atoms with Crippen LogP contribution in [0.1, 0.15) is 43.7 Å². The Bertz CT molecular complexity index is 427. The predicted octanol–water partition coefficient (Wildman–Crippen LogP) is 1.38. The Morgan fingerprint density at radius 2 is 2.32 bits per heavy atom. The molecule has 1 unspecified atom stereocenters. The van der Waals surface area contributed by atoms with Crippen LogP contribution in [0.25, 0.3) is 0 Å². The molecule has 6 nitrogen and oxygen atoms in total. The van der Waals surface area contributed by atoms with Gasteiger partial charge in [-0.05, 0) is 57.5 Å². The van der Waals surface area contributed by atoms with E-state index in [1.54, 1.807) is 0 Å². The quantitative estimate of drug-likeness (QED) is 0.686. The van der Waals surface area contributed by atoms with Gasteiger partial charge < -0.3 is 16.6 Å². The zero-order valence-corrected chi connectivity index (χ0v) is 13.3. The Morgan fingerprint density at radius 1 is 1.55 bits per heavy atom. The summed E-state index contributed by atoms with van der Waals surface area (Å²) in [5.74, 6) is -0.933. The molecule has 0 amide bonds. The van der Waals surface area contributed by atoms with Crippen molar-refractivity contribution in [1.82, 2.24) is 9.88 Å². The number of nitrogens with two attached hydrogens (primary N) is 2. The lowest BCUT2D eigenvalue weighted by molar-refractivity contribution is -0.138. The fourth-order valence-electron chi connectivity index (χ4n) is 2.54. The standard InChI is InChI=1S/C10H14N2.C6H14N2O2/c1-12-7-3-5-10(12)9-4-2-6-11-8-9;7-4-2-1-3-5(8)6(9)10/h2,4,6,8,10H,3,5,7H2,1H3;5H,1-4,7-8H2,(H,9,10)/t10-;/m0./s1. The summed E-state index contributed by atoms with van der Waals surface area (Å²) in [5.41, 5.74) is 11.8. The van der Waals surface area contributed by atoms with Gasteiger partial charge in [-0.25, -0.2) is 0 Å². The van der Waals surface area contributed by atoms with Gasteiger partial charge in [0, 0.05) is 18.4 Å². The van der Waals surface area contributed by atoms with E-state index in [2.05, 4.69) is 23.0 Å². The molecule has 1 saturated heterocycles. The van der Waals surface area contributed by atoms with Crippen molar-refractivity contribution >= 4 is 5.97 Å². The Hall–Kier alpha value is -1.50. The van der Waals surface area contributed by atoms with Crippen LogP contribution >= 0.6 is 0 Å². The molecule has 5 N–H and O–H groups in total. The van der Waals surface area contributed by atoms with Crippen LogP contribution in [0.15, 0.2) is 24.5 Å². The van der Waals surface area contributed by atoms with Gasteiger partial charge in [0.15, 0.2) is 0 Å². The van der Waals surface area contributed by atoms with E-state index in [9.17, 15) is 4.79 Å². The molecule has 22 heavy (non-hydrogen) atoms. The number of carboxylic acid groups (broad SMARTS) is 1. The number of hydrogen-bond acceptors (Lipinski definition) is 5. The van der Waals surface area contributed by atoms with Gasteiger partial charge in [-0.3, -0.25) is 14.7 Å². The molecule has 1 aliphatic rings. The van der Waals surface area contributed by atoms with Crippen molar-refractivity contribution in [2.45, 2.75) is 44.2 Å².